The van der Waals surface area contributed by atoms with Gasteiger partial charge in [0.05, 0.1) is 12.8 Å². The summed E-state index contributed by atoms with van der Waals surface area (Å²) in [7, 11) is 1.54. The number of piperidine rings is 1. The smallest absolute Gasteiger partial charge is 0.328 e. The van der Waals surface area contributed by atoms with Gasteiger partial charge in [0.15, 0.2) is 0 Å². The third-order valence-electron chi connectivity index (χ3n) is 8.77. The molecule has 4 aliphatic rings. The summed E-state index contributed by atoms with van der Waals surface area (Å²) in [6.07, 6.45) is 7.53. The van der Waals surface area contributed by atoms with Crippen LogP contribution in [0.1, 0.15) is 55.3 Å². The Labute approximate surface area is 213 Å². The van der Waals surface area contributed by atoms with Crippen LogP contribution in [-0.4, -0.2) is 87.1 Å². The fraction of sp³-hybridized carbons (Fsp3) is 0.667. The number of anilines is 1. The minimum atomic E-state index is -0.485. The lowest BCUT2D eigenvalue weighted by Gasteiger charge is -2.46. The van der Waals surface area contributed by atoms with Gasteiger partial charge in [-0.25, -0.2) is 4.79 Å². The van der Waals surface area contributed by atoms with Gasteiger partial charge in [-0.05, 0) is 68.1 Å². The molecule has 0 aromatic heterocycles. The van der Waals surface area contributed by atoms with Crippen LogP contribution in [0.25, 0.3) is 0 Å². The van der Waals surface area contributed by atoms with E-state index in [0.717, 1.165) is 44.9 Å². The second-order valence-electron chi connectivity index (χ2n) is 10.9. The zero-order valence-corrected chi connectivity index (χ0v) is 21.4. The van der Waals surface area contributed by atoms with Crippen LogP contribution in [-0.2, 0) is 4.79 Å². The van der Waals surface area contributed by atoms with E-state index in [1.807, 2.05) is 4.90 Å². The molecule has 196 valence electrons. The molecular weight excluding hydrogens is 458 g/mol. The fourth-order valence-corrected chi connectivity index (χ4v) is 6.43. The second kappa shape index (κ2) is 10.8. The number of benzene rings is 1. The van der Waals surface area contributed by atoms with Crippen LogP contribution in [0.4, 0.5) is 10.5 Å². The summed E-state index contributed by atoms with van der Waals surface area (Å²) in [5.74, 6) is 1.02. The Morgan fingerprint density at radius 1 is 1.03 bits per heavy atom. The number of carbonyl (C=O) groups is 3. The van der Waals surface area contributed by atoms with Crippen molar-refractivity contribution in [3.8, 4) is 5.75 Å². The van der Waals surface area contributed by atoms with Crippen molar-refractivity contribution in [3.05, 3.63) is 23.8 Å². The predicted molar refractivity (Wildman–Crippen MR) is 137 cm³/mol. The summed E-state index contributed by atoms with van der Waals surface area (Å²) in [5.41, 5.74) is 1.45. The van der Waals surface area contributed by atoms with Gasteiger partial charge in [0.2, 0.25) is 5.91 Å². The fourth-order valence-electron chi connectivity index (χ4n) is 6.43. The SMILES string of the molecule is COc1ccc(C(=O)N2CCC3(CCC(CN4CCNCC4)CC3)CC2)cc1N1CCC(=O)NC1=O. The highest BCUT2D eigenvalue weighted by Crippen LogP contribution is 2.46. The van der Waals surface area contributed by atoms with Gasteiger partial charge in [0.1, 0.15) is 5.75 Å². The number of carbonyl (C=O) groups excluding carboxylic acids is 3. The van der Waals surface area contributed by atoms with Crippen molar-refractivity contribution in [2.24, 2.45) is 11.3 Å². The molecule has 9 heteroatoms. The lowest BCUT2D eigenvalue weighted by Crippen LogP contribution is -2.49. The van der Waals surface area contributed by atoms with Gasteiger partial charge in [0, 0.05) is 64.3 Å². The normalized spacial score (nSPS) is 23.6. The first-order valence-corrected chi connectivity index (χ1v) is 13.5. The van der Waals surface area contributed by atoms with E-state index in [0.29, 0.717) is 22.4 Å². The van der Waals surface area contributed by atoms with E-state index in [4.69, 9.17) is 4.74 Å². The summed E-state index contributed by atoms with van der Waals surface area (Å²) in [5, 5.41) is 5.78. The van der Waals surface area contributed by atoms with Crippen molar-refractivity contribution in [2.45, 2.75) is 44.9 Å². The third-order valence-corrected chi connectivity index (χ3v) is 8.77. The minimum Gasteiger partial charge on any atom is -0.495 e. The van der Waals surface area contributed by atoms with E-state index in [2.05, 4.69) is 15.5 Å². The Morgan fingerprint density at radius 2 is 1.75 bits per heavy atom. The molecule has 1 spiro atoms. The van der Waals surface area contributed by atoms with Gasteiger partial charge in [-0.3, -0.25) is 19.8 Å². The van der Waals surface area contributed by atoms with E-state index in [-0.39, 0.29) is 24.8 Å². The second-order valence-corrected chi connectivity index (χ2v) is 10.9. The highest BCUT2D eigenvalue weighted by Gasteiger charge is 2.39. The average Bonchev–Trinajstić information content (AvgIpc) is 2.90. The number of urea groups is 1. The molecule has 4 fully saturated rings. The van der Waals surface area contributed by atoms with Crippen LogP contribution in [0.5, 0.6) is 5.75 Å². The standard InChI is InChI=1S/C27H39N5O4/c1-36-23-3-2-21(18-22(23)32-13-6-24(33)29-26(32)35)25(34)31-14-9-27(10-15-31)7-4-20(5-8-27)19-30-16-11-28-12-17-30/h2-3,18,20,28H,4-17,19H2,1H3,(H,29,33,35). The molecule has 1 aromatic rings. The van der Waals surface area contributed by atoms with Crippen molar-refractivity contribution in [1.82, 2.24) is 20.4 Å². The number of piperazine rings is 1. The number of hydrogen-bond donors (Lipinski definition) is 2. The Bertz CT molecular complexity index is 974. The van der Waals surface area contributed by atoms with Crippen LogP contribution in [0.2, 0.25) is 0 Å². The Morgan fingerprint density at radius 3 is 2.42 bits per heavy atom. The van der Waals surface area contributed by atoms with Crippen molar-refractivity contribution in [3.63, 3.8) is 0 Å². The van der Waals surface area contributed by atoms with Gasteiger partial charge >= 0.3 is 6.03 Å². The quantitative estimate of drug-likeness (QED) is 0.649. The van der Waals surface area contributed by atoms with E-state index in [9.17, 15) is 14.4 Å². The van der Waals surface area contributed by atoms with E-state index in [1.54, 1.807) is 18.2 Å². The highest BCUT2D eigenvalue weighted by molar-refractivity contribution is 6.07. The predicted octanol–water partition coefficient (Wildman–Crippen LogP) is 2.46. The third kappa shape index (κ3) is 5.37. The number of hydrogen-bond acceptors (Lipinski definition) is 6. The molecule has 4 amide bonds. The zero-order valence-electron chi connectivity index (χ0n) is 21.4. The first-order chi connectivity index (χ1) is 17.5. The summed E-state index contributed by atoms with van der Waals surface area (Å²) in [6.45, 7) is 7.63. The van der Waals surface area contributed by atoms with Gasteiger partial charge in [0.25, 0.3) is 5.91 Å². The Kier molecular flexibility index (Phi) is 7.48. The number of nitrogens with zero attached hydrogens (tertiary/aromatic N) is 3. The van der Waals surface area contributed by atoms with E-state index < -0.39 is 6.03 Å². The van der Waals surface area contributed by atoms with Gasteiger partial charge in [-0.1, -0.05) is 0 Å². The van der Waals surface area contributed by atoms with Gasteiger partial charge < -0.3 is 19.9 Å². The number of nitrogens with one attached hydrogen (secondary N) is 2. The van der Waals surface area contributed by atoms with Crippen LogP contribution < -0.4 is 20.3 Å². The molecule has 0 bridgehead atoms. The van der Waals surface area contributed by atoms with Crippen molar-refractivity contribution in [2.75, 3.05) is 64.4 Å². The first-order valence-electron chi connectivity index (χ1n) is 13.5. The molecule has 2 N–H and O–H groups in total. The van der Waals surface area contributed by atoms with Gasteiger partial charge in [-0.2, -0.15) is 0 Å². The zero-order chi connectivity index (χ0) is 25.1. The molecule has 0 atom stereocenters. The number of likely N-dealkylation sites (tertiary alicyclic amines) is 1. The molecular formula is C27H39N5O4. The van der Waals surface area contributed by atoms with E-state index >= 15 is 0 Å². The molecule has 9 nitrogen and oxygen atoms in total. The number of amides is 4. The summed E-state index contributed by atoms with van der Waals surface area (Å²) < 4.78 is 5.45. The van der Waals surface area contributed by atoms with Gasteiger partial charge in [-0.15, -0.1) is 0 Å². The lowest BCUT2D eigenvalue weighted by atomic mass is 9.65. The maximum absolute atomic E-state index is 13.4. The van der Waals surface area contributed by atoms with Crippen LogP contribution in [0.3, 0.4) is 0 Å². The maximum atomic E-state index is 13.4. The highest BCUT2D eigenvalue weighted by atomic mass is 16.5. The monoisotopic (exact) mass is 497 g/mol. The van der Waals surface area contributed by atoms with Crippen molar-refractivity contribution < 1.29 is 19.1 Å². The molecule has 3 saturated heterocycles. The van der Waals surface area contributed by atoms with Crippen LogP contribution >= 0.6 is 0 Å². The number of ether oxygens (including phenoxy) is 1. The lowest BCUT2D eigenvalue weighted by molar-refractivity contribution is -0.120. The van der Waals surface area contributed by atoms with Crippen molar-refractivity contribution >= 4 is 23.5 Å². The molecule has 0 unspecified atom stereocenters. The molecule has 3 aliphatic heterocycles. The Hall–Kier alpha value is -2.65. The number of imide groups is 1. The molecule has 0 radical (unpaired) electrons. The van der Waals surface area contributed by atoms with E-state index in [1.165, 1.54) is 57.3 Å². The molecule has 5 rings (SSSR count). The average molecular weight is 498 g/mol. The summed E-state index contributed by atoms with van der Waals surface area (Å²) in [4.78, 5) is 43.4. The summed E-state index contributed by atoms with van der Waals surface area (Å²) >= 11 is 0. The summed E-state index contributed by atoms with van der Waals surface area (Å²) in [6, 6.07) is 4.74. The molecule has 3 heterocycles. The molecule has 36 heavy (non-hydrogen) atoms. The Balaban J connectivity index is 1.18. The topological polar surface area (TPSA) is 94.2 Å². The largest absolute Gasteiger partial charge is 0.495 e. The first kappa shape index (κ1) is 25.0. The minimum absolute atomic E-state index is 0.00496. The molecule has 1 saturated carbocycles. The van der Waals surface area contributed by atoms with Crippen LogP contribution in [0.15, 0.2) is 18.2 Å². The van der Waals surface area contributed by atoms with Crippen molar-refractivity contribution in [1.29, 1.82) is 0 Å². The maximum Gasteiger partial charge on any atom is 0.328 e. The number of methoxy groups -OCH3 is 1. The molecule has 1 aliphatic carbocycles. The number of rotatable bonds is 5. The molecule has 1 aromatic carbocycles. The van der Waals surface area contributed by atoms with Crippen LogP contribution in [0, 0.1) is 11.3 Å².